The number of hydrogen-bond acceptors (Lipinski definition) is 1. The summed E-state index contributed by atoms with van der Waals surface area (Å²) < 4.78 is 2.97. The van der Waals surface area contributed by atoms with E-state index in [0.717, 1.165) is 0 Å². The Bertz CT molecular complexity index is 179. The van der Waals surface area contributed by atoms with Gasteiger partial charge < -0.3 is 4.23 Å². The van der Waals surface area contributed by atoms with Crippen LogP contribution in [0.2, 0.25) is 38.3 Å². The van der Waals surface area contributed by atoms with E-state index in [1.165, 1.54) is 24.7 Å². The van der Waals surface area contributed by atoms with Gasteiger partial charge in [-0.15, -0.1) is 0 Å². The van der Waals surface area contributed by atoms with Gasteiger partial charge in [-0.2, -0.15) is 0 Å². The van der Waals surface area contributed by atoms with E-state index in [1.54, 1.807) is 12.1 Å². The third-order valence-electron chi connectivity index (χ3n) is 3.58. The second-order valence-electron chi connectivity index (χ2n) is 5.67. The number of unbranched alkanes of at least 4 members (excludes halogenated alkanes) is 1. The normalized spacial score (nSPS) is 25.5. The quantitative estimate of drug-likeness (QED) is 0.432. The van der Waals surface area contributed by atoms with Crippen molar-refractivity contribution in [2.75, 3.05) is 11.9 Å². The van der Waals surface area contributed by atoms with Crippen LogP contribution in [0.4, 0.5) is 0 Å². The number of halogens is 1. The molecule has 0 radical (unpaired) electrons. The van der Waals surface area contributed by atoms with E-state index in [-0.39, 0.29) is 0 Å². The molecule has 1 nitrogen and oxygen atoms in total. The van der Waals surface area contributed by atoms with Crippen LogP contribution in [0.1, 0.15) is 12.8 Å². The van der Waals surface area contributed by atoms with Gasteiger partial charge in [-0.05, 0) is 31.5 Å². The summed E-state index contributed by atoms with van der Waals surface area (Å²) >= 11 is 3.52. The van der Waals surface area contributed by atoms with Crippen molar-refractivity contribution in [1.29, 1.82) is 0 Å². The van der Waals surface area contributed by atoms with Crippen LogP contribution in [-0.4, -0.2) is 32.6 Å². The highest BCUT2D eigenvalue weighted by atomic mass is 79.9. The highest BCUT2D eigenvalue weighted by Crippen LogP contribution is 2.36. The Labute approximate surface area is 99.6 Å². The lowest BCUT2D eigenvalue weighted by Gasteiger charge is -2.38. The standard InChI is InChI=1S/C10H24BrNSi2/c1-13(2)9-10-14(3,4)12(13)8-6-5-7-11/h5-10H2,1-4H3. The van der Waals surface area contributed by atoms with Crippen molar-refractivity contribution >= 4 is 32.4 Å². The topological polar surface area (TPSA) is 3.24 Å². The van der Waals surface area contributed by atoms with Gasteiger partial charge in [0, 0.05) is 5.33 Å². The van der Waals surface area contributed by atoms with Crippen LogP contribution in [0.5, 0.6) is 0 Å². The van der Waals surface area contributed by atoms with E-state index in [2.05, 4.69) is 46.3 Å². The predicted octanol–water partition coefficient (Wildman–Crippen LogP) is 3.89. The highest BCUT2D eigenvalue weighted by Gasteiger charge is 2.46. The van der Waals surface area contributed by atoms with E-state index < -0.39 is 16.5 Å². The maximum Gasteiger partial charge on any atom is 0.115 e. The average Bonchev–Trinajstić information content (AvgIpc) is 2.27. The molecule has 1 aliphatic rings. The maximum absolute atomic E-state index is 3.52. The zero-order valence-electron chi connectivity index (χ0n) is 10.1. The van der Waals surface area contributed by atoms with Gasteiger partial charge in [0.1, 0.15) is 16.5 Å². The number of nitrogens with zero attached hydrogens (tertiary/aromatic N) is 1. The zero-order chi connectivity index (χ0) is 10.8. The Hall–Kier alpha value is 0.874. The highest BCUT2D eigenvalue weighted by molar-refractivity contribution is 9.09. The number of alkyl halides is 1. The van der Waals surface area contributed by atoms with Crippen LogP contribution >= 0.6 is 15.9 Å². The molecular formula is C10H24BrNSi2. The van der Waals surface area contributed by atoms with Crippen molar-refractivity contribution in [3.63, 3.8) is 0 Å². The van der Waals surface area contributed by atoms with Gasteiger partial charge in [-0.1, -0.05) is 42.1 Å². The SMILES string of the molecule is C[Si]1(C)CC[Si](C)(C)N1CCCCBr. The van der Waals surface area contributed by atoms with Crippen molar-refractivity contribution in [1.82, 2.24) is 4.23 Å². The Kier molecular flexibility index (Phi) is 4.44. The first kappa shape index (κ1) is 12.9. The van der Waals surface area contributed by atoms with Gasteiger partial charge in [0.2, 0.25) is 0 Å². The van der Waals surface area contributed by atoms with Gasteiger partial charge in [0.25, 0.3) is 0 Å². The Morgan fingerprint density at radius 2 is 1.50 bits per heavy atom. The fourth-order valence-electron chi connectivity index (χ4n) is 2.67. The second kappa shape index (κ2) is 4.81. The maximum atomic E-state index is 3.52. The predicted molar refractivity (Wildman–Crippen MR) is 74.3 cm³/mol. The van der Waals surface area contributed by atoms with Gasteiger partial charge >= 0.3 is 0 Å². The molecular weight excluding hydrogens is 270 g/mol. The molecule has 0 bridgehead atoms. The van der Waals surface area contributed by atoms with Crippen LogP contribution in [0.3, 0.4) is 0 Å². The minimum atomic E-state index is -0.975. The third-order valence-corrected chi connectivity index (χ3v) is 14.6. The molecule has 0 atom stereocenters. The fraction of sp³-hybridized carbons (Fsp3) is 1.00. The van der Waals surface area contributed by atoms with Gasteiger partial charge in [-0.3, -0.25) is 0 Å². The molecule has 1 fully saturated rings. The van der Waals surface area contributed by atoms with Gasteiger partial charge in [0.05, 0.1) is 0 Å². The summed E-state index contributed by atoms with van der Waals surface area (Å²) in [4.78, 5) is 0. The average molecular weight is 294 g/mol. The molecule has 1 heterocycles. The largest absolute Gasteiger partial charge is 0.345 e. The lowest BCUT2D eigenvalue weighted by Crippen LogP contribution is -2.55. The monoisotopic (exact) mass is 293 g/mol. The third kappa shape index (κ3) is 2.93. The molecule has 0 amide bonds. The summed E-state index contributed by atoms with van der Waals surface area (Å²) in [6.07, 6.45) is 2.73. The smallest absolute Gasteiger partial charge is 0.115 e. The van der Waals surface area contributed by atoms with Crippen LogP contribution in [0.25, 0.3) is 0 Å². The molecule has 0 aromatic rings. The second-order valence-corrected chi connectivity index (χ2v) is 16.2. The van der Waals surface area contributed by atoms with Crippen molar-refractivity contribution in [2.45, 2.75) is 51.1 Å². The van der Waals surface area contributed by atoms with E-state index in [9.17, 15) is 0 Å². The summed E-state index contributed by atoms with van der Waals surface area (Å²) in [6, 6.07) is 3.08. The molecule has 0 saturated carbocycles. The van der Waals surface area contributed by atoms with Crippen LogP contribution in [0, 0.1) is 0 Å². The lowest BCUT2D eigenvalue weighted by atomic mass is 10.3. The minimum Gasteiger partial charge on any atom is -0.345 e. The molecule has 14 heavy (non-hydrogen) atoms. The molecule has 0 aromatic heterocycles. The molecule has 1 saturated heterocycles. The first-order valence-electron chi connectivity index (χ1n) is 5.74. The van der Waals surface area contributed by atoms with E-state index in [1.807, 2.05) is 0 Å². The molecule has 0 aromatic carbocycles. The summed E-state index contributed by atoms with van der Waals surface area (Å²) in [5.74, 6) is 0. The number of rotatable bonds is 4. The van der Waals surface area contributed by atoms with Gasteiger partial charge in [0.15, 0.2) is 0 Å². The van der Waals surface area contributed by atoms with Gasteiger partial charge in [-0.25, -0.2) is 0 Å². The van der Waals surface area contributed by atoms with Crippen molar-refractivity contribution in [2.24, 2.45) is 0 Å². The zero-order valence-corrected chi connectivity index (χ0v) is 13.7. The van der Waals surface area contributed by atoms with Crippen molar-refractivity contribution in [3.05, 3.63) is 0 Å². The molecule has 4 heteroatoms. The molecule has 0 N–H and O–H groups in total. The Morgan fingerprint density at radius 1 is 1.00 bits per heavy atom. The molecule has 0 spiro atoms. The Balaban J connectivity index is 2.53. The molecule has 1 aliphatic heterocycles. The summed E-state index contributed by atoms with van der Waals surface area (Å²) in [5.41, 5.74) is 0. The minimum absolute atomic E-state index is 0.975. The first-order valence-corrected chi connectivity index (χ1v) is 13.2. The van der Waals surface area contributed by atoms with Crippen molar-refractivity contribution < 1.29 is 0 Å². The number of hydrogen-bond donors (Lipinski definition) is 0. The molecule has 0 aliphatic carbocycles. The molecule has 0 unspecified atom stereocenters. The van der Waals surface area contributed by atoms with E-state index in [4.69, 9.17) is 0 Å². The summed E-state index contributed by atoms with van der Waals surface area (Å²) in [6.45, 7) is 11.6. The van der Waals surface area contributed by atoms with Crippen LogP contribution in [-0.2, 0) is 0 Å². The van der Waals surface area contributed by atoms with Crippen molar-refractivity contribution in [3.8, 4) is 0 Å². The summed E-state index contributed by atoms with van der Waals surface area (Å²) in [5, 5.41) is 1.17. The fourth-order valence-corrected chi connectivity index (χ4v) is 17.3. The molecule has 84 valence electrons. The Morgan fingerprint density at radius 3 is 1.93 bits per heavy atom. The van der Waals surface area contributed by atoms with E-state index >= 15 is 0 Å². The van der Waals surface area contributed by atoms with E-state index in [0.29, 0.717) is 0 Å². The first-order chi connectivity index (χ1) is 6.40. The lowest BCUT2D eigenvalue weighted by molar-refractivity contribution is 0.586. The van der Waals surface area contributed by atoms with Crippen LogP contribution < -0.4 is 0 Å². The van der Waals surface area contributed by atoms with Crippen LogP contribution in [0.15, 0.2) is 0 Å². The molecule has 1 rings (SSSR count). The summed E-state index contributed by atoms with van der Waals surface area (Å²) in [7, 11) is -1.95.